The Bertz CT molecular complexity index is 386. The van der Waals surface area contributed by atoms with Gasteiger partial charge in [0.05, 0.1) is 0 Å². The van der Waals surface area contributed by atoms with E-state index in [1.54, 1.807) is 0 Å². The third kappa shape index (κ3) is 3.33. The number of hydrogen-bond donors (Lipinski definition) is 2. The molecule has 1 aromatic rings. The van der Waals surface area contributed by atoms with Crippen LogP contribution in [-0.2, 0) is 6.42 Å². The monoisotopic (exact) mass is 247 g/mol. The van der Waals surface area contributed by atoms with Crippen LogP contribution in [0.1, 0.15) is 50.3 Å². The summed E-state index contributed by atoms with van der Waals surface area (Å²) in [6, 6.07) is 9.29. The maximum absolute atomic E-state index is 9.21. The van der Waals surface area contributed by atoms with E-state index >= 15 is 0 Å². The van der Waals surface area contributed by atoms with Gasteiger partial charge in [0, 0.05) is 12.6 Å². The largest absolute Gasteiger partial charge is 0.396 e. The molecule has 18 heavy (non-hydrogen) atoms. The Kier molecular flexibility index (Phi) is 4.41. The summed E-state index contributed by atoms with van der Waals surface area (Å²) in [5, 5.41) is 12.9. The maximum Gasteiger partial charge on any atom is 0.0482 e. The predicted octanol–water partition coefficient (Wildman–Crippen LogP) is 3.06. The molecular weight excluding hydrogens is 222 g/mol. The first-order valence-corrected chi connectivity index (χ1v) is 7.04. The molecule has 1 atom stereocenters. The molecule has 100 valence electrons. The molecule has 1 aromatic carbocycles. The van der Waals surface area contributed by atoms with Crippen LogP contribution in [0.15, 0.2) is 24.3 Å². The first-order valence-electron chi connectivity index (χ1n) is 7.04. The fourth-order valence-electron chi connectivity index (χ4n) is 2.69. The minimum absolute atomic E-state index is 0.0647. The molecule has 0 radical (unpaired) electrons. The summed E-state index contributed by atoms with van der Waals surface area (Å²) in [6.45, 7) is 5.57. The van der Waals surface area contributed by atoms with Gasteiger partial charge in [0.25, 0.3) is 0 Å². The van der Waals surface area contributed by atoms with Crippen LogP contribution in [0.3, 0.4) is 0 Å². The molecule has 1 aliphatic carbocycles. The second-order valence-electron chi connectivity index (χ2n) is 6.17. The summed E-state index contributed by atoms with van der Waals surface area (Å²) in [4.78, 5) is 0. The molecule has 1 unspecified atom stereocenters. The molecule has 0 saturated heterocycles. The Morgan fingerprint density at radius 1 is 1.33 bits per heavy atom. The van der Waals surface area contributed by atoms with E-state index in [1.807, 2.05) is 0 Å². The van der Waals surface area contributed by atoms with Gasteiger partial charge in [-0.15, -0.1) is 0 Å². The minimum atomic E-state index is 0.0647. The van der Waals surface area contributed by atoms with E-state index in [-0.39, 0.29) is 12.0 Å². The number of fused-ring (bicyclic) bond motifs is 1. The number of nitrogens with one attached hydrogen (secondary N) is 1. The Balaban J connectivity index is 1.76. The molecular formula is C16H25NO. The second-order valence-corrected chi connectivity index (χ2v) is 6.17. The number of aryl methyl sites for hydroxylation is 1. The molecule has 2 heteroatoms. The summed E-state index contributed by atoms with van der Waals surface area (Å²) < 4.78 is 0. The fourth-order valence-corrected chi connectivity index (χ4v) is 2.69. The van der Waals surface area contributed by atoms with Crippen LogP contribution in [0.5, 0.6) is 0 Å². The van der Waals surface area contributed by atoms with Crippen molar-refractivity contribution < 1.29 is 5.11 Å². The molecule has 0 heterocycles. The summed E-state index contributed by atoms with van der Waals surface area (Å²) in [5.41, 5.74) is 3.06. The predicted molar refractivity (Wildman–Crippen MR) is 75.6 cm³/mol. The molecule has 1 aliphatic rings. The van der Waals surface area contributed by atoms with E-state index in [2.05, 4.69) is 43.4 Å². The highest BCUT2D eigenvalue weighted by Crippen LogP contribution is 2.30. The zero-order valence-corrected chi connectivity index (χ0v) is 11.6. The van der Waals surface area contributed by atoms with Crippen molar-refractivity contribution in [2.24, 2.45) is 5.41 Å². The fraction of sp³-hybridized carbons (Fsp3) is 0.625. The lowest BCUT2D eigenvalue weighted by molar-refractivity contribution is 0.147. The molecule has 0 saturated carbocycles. The van der Waals surface area contributed by atoms with Crippen molar-refractivity contribution in [2.75, 3.05) is 13.2 Å². The van der Waals surface area contributed by atoms with Crippen LogP contribution in [0.2, 0.25) is 0 Å². The highest BCUT2D eigenvalue weighted by atomic mass is 16.3. The zero-order valence-electron chi connectivity index (χ0n) is 11.6. The van der Waals surface area contributed by atoms with Gasteiger partial charge >= 0.3 is 0 Å². The van der Waals surface area contributed by atoms with Gasteiger partial charge in [-0.2, -0.15) is 0 Å². The van der Waals surface area contributed by atoms with Gasteiger partial charge < -0.3 is 10.4 Å². The summed E-state index contributed by atoms with van der Waals surface area (Å²) >= 11 is 0. The SMILES string of the molecule is CC(C)(CO)CCCNC1CCc2ccccc21. The number of benzene rings is 1. The smallest absolute Gasteiger partial charge is 0.0482 e. The Morgan fingerprint density at radius 2 is 2.11 bits per heavy atom. The molecule has 2 rings (SSSR count). The minimum Gasteiger partial charge on any atom is -0.396 e. The van der Waals surface area contributed by atoms with Crippen LogP contribution >= 0.6 is 0 Å². The van der Waals surface area contributed by atoms with Gasteiger partial charge in [-0.05, 0) is 48.8 Å². The first kappa shape index (κ1) is 13.6. The third-order valence-corrected chi connectivity index (χ3v) is 3.98. The molecule has 0 spiro atoms. The number of rotatable bonds is 6. The van der Waals surface area contributed by atoms with Gasteiger partial charge in [-0.25, -0.2) is 0 Å². The van der Waals surface area contributed by atoms with E-state index in [1.165, 1.54) is 24.0 Å². The average molecular weight is 247 g/mol. The average Bonchev–Trinajstić information content (AvgIpc) is 2.78. The summed E-state index contributed by atoms with van der Waals surface area (Å²) in [7, 11) is 0. The Morgan fingerprint density at radius 3 is 2.89 bits per heavy atom. The third-order valence-electron chi connectivity index (χ3n) is 3.98. The van der Waals surface area contributed by atoms with Crippen molar-refractivity contribution >= 4 is 0 Å². The Labute approximate surface area is 110 Å². The van der Waals surface area contributed by atoms with Gasteiger partial charge in [0.2, 0.25) is 0 Å². The molecule has 0 amide bonds. The number of hydrogen-bond acceptors (Lipinski definition) is 2. The Hall–Kier alpha value is -0.860. The van der Waals surface area contributed by atoms with E-state index in [4.69, 9.17) is 0 Å². The van der Waals surface area contributed by atoms with Crippen LogP contribution < -0.4 is 5.32 Å². The molecule has 2 N–H and O–H groups in total. The quantitative estimate of drug-likeness (QED) is 0.757. The van der Waals surface area contributed by atoms with Gasteiger partial charge in [0.1, 0.15) is 0 Å². The van der Waals surface area contributed by atoms with Crippen LogP contribution in [0, 0.1) is 5.41 Å². The molecule has 0 aromatic heterocycles. The summed E-state index contributed by atoms with van der Waals surface area (Å²) in [5.74, 6) is 0. The van der Waals surface area contributed by atoms with Gasteiger partial charge in [0.15, 0.2) is 0 Å². The standard InChI is InChI=1S/C16H25NO/c1-16(2,12-18)10-5-11-17-15-9-8-13-6-3-4-7-14(13)15/h3-4,6-7,15,17-18H,5,8-12H2,1-2H3. The van der Waals surface area contributed by atoms with E-state index < -0.39 is 0 Å². The summed E-state index contributed by atoms with van der Waals surface area (Å²) in [6.07, 6.45) is 4.63. The lowest BCUT2D eigenvalue weighted by Crippen LogP contribution is -2.23. The molecule has 2 nitrogen and oxygen atoms in total. The van der Waals surface area contributed by atoms with Crippen LogP contribution in [-0.4, -0.2) is 18.3 Å². The zero-order chi connectivity index (χ0) is 13.0. The second kappa shape index (κ2) is 5.85. The van der Waals surface area contributed by atoms with E-state index in [0.29, 0.717) is 6.04 Å². The van der Waals surface area contributed by atoms with E-state index in [0.717, 1.165) is 19.4 Å². The topological polar surface area (TPSA) is 32.3 Å². The molecule has 0 bridgehead atoms. The van der Waals surface area contributed by atoms with Crippen LogP contribution in [0.4, 0.5) is 0 Å². The maximum atomic E-state index is 9.21. The normalized spacial score (nSPS) is 18.9. The lowest BCUT2D eigenvalue weighted by atomic mass is 9.89. The van der Waals surface area contributed by atoms with Crippen molar-refractivity contribution in [3.63, 3.8) is 0 Å². The van der Waals surface area contributed by atoms with Crippen molar-refractivity contribution in [3.05, 3.63) is 35.4 Å². The van der Waals surface area contributed by atoms with Gasteiger partial charge in [-0.1, -0.05) is 38.1 Å². The van der Waals surface area contributed by atoms with Crippen molar-refractivity contribution in [1.29, 1.82) is 0 Å². The first-order chi connectivity index (χ1) is 8.62. The molecule has 0 aliphatic heterocycles. The number of aliphatic hydroxyl groups is 1. The molecule has 0 fully saturated rings. The van der Waals surface area contributed by atoms with Crippen molar-refractivity contribution in [3.8, 4) is 0 Å². The van der Waals surface area contributed by atoms with Crippen molar-refractivity contribution in [2.45, 2.75) is 45.6 Å². The highest BCUT2D eigenvalue weighted by Gasteiger charge is 2.21. The van der Waals surface area contributed by atoms with Crippen molar-refractivity contribution in [1.82, 2.24) is 5.32 Å². The highest BCUT2D eigenvalue weighted by molar-refractivity contribution is 5.34. The number of aliphatic hydroxyl groups excluding tert-OH is 1. The van der Waals surface area contributed by atoms with Crippen LogP contribution in [0.25, 0.3) is 0 Å². The van der Waals surface area contributed by atoms with Gasteiger partial charge in [-0.3, -0.25) is 0 Å². The van der Waals surface area contributed by atoms with E-state index in [9.17, 15) is 5.11 Å². The lowest BCUT2D eigenvalue weighted by Gasteiger charge is -2.22.